The Morgan fingerprint density at radius 1 is 1.25 bits per heavy atom. The van der Waals surface area contributed by atoms with Crippen molar-refractivity contribution in [2.45, 2.75) is 19.4 Å². The van der Waals surface area contributed by atoms with Gasteiger partial charge in [0.25, 0.3) is 0 Å². The average molecular weight is 405 g/mol. The summed E-state index contributed by atoms with van der Waals surface area (Å²) in [4.78, 5) is 30.3. The van der Waals surface area contributed by atoms with E-state index in [4.69, 9.17) is 0 Å². The van der Waals surface area contributed by atoms with Gasteiger partial charge in [-0.2, -0.15) is 0 Å². The lowest BCUT2D eigenvalue weighted by Crippen LogP contribution is -2.40. The number of fused-ring (bicyclic) bond motifs is 1. The third kappa shape index (κ3) is 2.78. The van der Waals surface area contributed by atoms with Gasteiger partial charge in [-0.05, 0) is 51.5 Å². The van der Waals surface area contributed by atoms with Crippen LogP contribution in [0.15, 0.2) is 40.2 Å². The molecule has 24 heavy (non-hydrogen) atoms. The van der Waals surface area contributed by atoms with Gasteiger partial charge in [-0.25, -0.2) is 0 Å². The van der Waals surface area contributed by atoms with Gasteiger partial charge in [0.05, 0.1) is 11.6 Å². The van der Waals surface area contributed by atoms with E-state index in [0.29, 0.717) is 19.5 Å². The van der Waals surface area contributed by atoms with E-state index in [9.17, 15) is 9.59 Å². The van der Waals surface area contributed by atoms with Gasteiger partial charge in [-0.3, -0.25) is 9.59 Å². The highest BCUT2D eigenvalue weighted by Crippen LogP contribution is 2.33. The quantitative estimate of drug-likeness (QED) is 0.768. The summed E-state index contributed by atoms with van der Waals surface area (Å²) in [7, 11) is 0. The van der Waals surface area contributed by atoms with Crippen LogP contribution >= 0.6 is 27.3 Å². The number of thiophene rings is 1. The molecule has 0 unspecified atom stereocenters. The molecule has 4 nitrogen and oxygen atoms in total. The van der Waals surface area contributed by atoms with Crippen LogP contribution in [0.5, 0.6) is 0 Å². The Kier molecular flexibility index (Phi) is 4.18. The van der Waals surface area contributed by atoms with E-state index in [1.807, 2.05) is 29.2 Å². The van der Waals surface area contributed by atoms with Crippen molar-refractivity contribution in [2.75, 3.05) is 18.0 Å². The van der Waals surface area contributed by atoms with Gasteiger partial charge in [0.1, 0.15) is 0 Å². The van der Waals surface area contributed by atoms with Gasteiger partial charge < -0.3 is 9.80 Å². The molecule has 6 heteroatoms. The largest absolute Gasteiger partial charge is 0.338 e. The number of nitrogens with zero attached hydrogens (tertiary/aromatic N) is 2. The second-order valence-corrected chi connectivity index (χ2v) is 8.09. The topological polar surface area (TPSA) is 40.6 Å². The maximum Gasteiger partial charge on any atom is 0.228 e. The first-order valence-corrected chi connectivity index (χ1v) is 9.69. The molecular formula is C18H17BrN2O2S. The van der Waals surface area contributed by atoms with E-state index in [2.05, 4.69) is 27.4 Å². The van der Waals surface area contributed by atoms with E-state index in [1.54, 1.807) is 16.2 Å². The van der Waals surface area contributed by atoms with Crippen LogP contribution in [0, 0.1) is 5.92 Å². The molecule has 0 bridgehead atoms. The Balaban J connectivity index is 1.49. The second kappa shape index (κ2) is 6.33. The molecule has 0 radical (unpaired) electrons. The van der Waals surface area contributed by atoms with Crippen LogP contribution in [-0.4, -0.2) is 29.8 Å². The predicted octanol–water partition coefficient (Wildman–Crippen LogP) is 3.45. The third-order valence-electron chi connectivity index (χ3n) is 4.74. The van der Waals surface area contributed by atoms with E-state index in [-0.39, 0.29) is 17.7 Å². The molecule has 0 spiro atoms. The number of hydrogen-bond donors (Lipinski definition) is 0. The summed E-state index contributed by atoms with van der Waals surface area (Å²) < 4.78 is 0.882. The number of carbonyl (C=O) groups is 2. The Labute approximate surface area is 153 Å². The lowest BCUT2D eigenvalue weighted by atomic mass is 10.0. The number of para-hydroxylation sites is 1. The summed E-state index contributed by atoms with van der Waals surface area (Å²) in [5, 5.41) is 2.09. The minimum Gasteiger partial charge on any atom is -0.338 e. The maximum absolute atomic E-state index is 12.9. The molecule has 0 N–H and O–H groups in total. The van der Waals surface area contributed by atoms with Crippen molar-refractivity contribution in [2.24, 2.45) is 5.92 Å². The van der Waals surface area contributed by atoms with Crippen molar-refractivity contribution in [1.82, 2.24) is 4.90 Å². The maximum atomic E-state index is 12.9. The molecule has 4 rings (SSSR count). The number of halogens is 1. The molecule has 124 valence electrons. The van der Waals surface area contributed by atoms with Crippen LogP contribution in [-0.2, 0) is 22.6 Å². The average Bonchev–Trinajstić information content (AvgIpc) is 3.20. The molecule has 0 aliphatic carbocycles. The van der Waals surface area contributed by atoms with Crippen LogP contribution in [0.3, 0.4) is 0 Å². The first-order chi connectivity index (χ1) is 11.6. The molecule has 3 heterocycles. The fourth-order valence-electron chi connectivity index (χ4n) is 3.47. The van der Waals surface area contributed by atoms with Crippen LogP contribution < -0.4 is 4.90 Å². The van der Waals surface area contributed by atoms with Gasteiger partial charge in [0.2, 0.25) is 11.8 Å². The Morgan fingerprint density at radius 3 is 2.92 bits per heavy atom. The molecule has 1 aromatic carbocycles. The lowest BCUT2D eigenvalue weighted by molar-refractivity contribution is -0.136. The molecule has 2 aromatic rings. The number of rotatable bonds is 2. The molecule has 1 fully saturated rings. The Morgan fingerprint density at radius 2 is 2.08 bits per heavy atom. The minimum atomic E-state index is -0.246. The zero-order valence-corrected chi connectivity index (χ0v) is 15.5. The van der Waals surface area contributed by atoms with Crippen molar-refractivity contribution >= 4 is 44.8 Å². The molecule has 1 atom stereocenters. The third-order valence-corrected chi connectivity index (χ3v) is 6.43. The minimum absolute atomic E-state index is 0.0217. The van der Waals surface area contributed by atoms with E-state index in [0.717, 1.165) is 23.1 Å². The number of anilines is 1. The normalized spacial score (nSPS) is 20.4. The number of carbonyl (C=O) groups excluding carboxylic acids is 2. The molecule has 2 amide bonds. The van der Waals surface area contributed by atoms with Crippen LogP contribution in [0.1, 0.15) is 16.9 Å². The summed E-state index contributed by atoms with van der Waals surface area (Å²) in [6.07, 6.45) is 1.22. The first kappa shape index (κ1) is 15.8. The van der Waals surface area contributed by atoms with E-state index in [1.165, 1.54) is 10.4 Å². The van der Waals surface area contributed by atoms with Crippen LogP contribution in [0.25, 0.3) is 0 Å². The lowest BCUT2D eigenvalue weighted by Gasteiger charge is -2.29. The summed E-state index contributed by atoms with van der Waals surface area (Å²) in [6.45, 7) is 1.90. The Bertz CT molecular complexity index is 804. The smallest absolute Gasteiger partial charge is 0.228 e. The van der Waals surface area contributed by atoms with Crippen molar-refractivity contribution in [3.63, 3.8) is 0 Å². The van der Waals surface area contributed by atoms with Gasteiger partial charge in [-0.1, -0.05) is 12.1 Å². The fourth-order valence-corrected chi connectivity index (χ4v) is 4.86. The van der Waals surface area contributed by atoms with Gasteiger partial charge in [0.15, 0.2) is 0 Å². The van der Waals surface area contributed by atoms with Crippen LogP contribution in [0.4, 0.5) is 5.69 Å². The standard InChI is InChI=1S/C18H17BrN2O2S/c19-14-3-1-2-4-15(14)21-11-13(9-17(21)22)18(23)20-7-5-16-12(10-20)6-8-24-16/h1-4,6,8,13H,5,7,9-11H2/t13-/m1/s1. The van der Waals surface area contributed by atoms with Crippen molar-refractivity contribution in [1.29, 1.82) is 0 Å². The monoisotopic (exact) mass is 404 g/mol. The predicted molar refractivity (Wildman–Crippen MR) is 98.0 cm³/mol. The second-order valence-electron chi connectivity index (χ2n) is 6.24. The fraction of sp³-hybridized carbons (Fsp3) is 0.333. The van der Waals surface area contributed by atoms with E-state index < -0.39 is 0 Å². The van der Waals surface area contributed by atoms with Gasteiger partial charge >= 0.3 is 0 Å². The van der Waals surface area contributed by atoms with Gasteiger partial charge in [0, 0.05) is 35.4 Å². The highest BCUT2D eigenvalue weighted by Gasteiger charge is 2.38. The van der Waals surface area contributed by atoms with Crippen molar-refractivity contribution in [3.8, 4) is 0 Å². The summed E-state index contributed by atoms with van der Waals surface area (Å²) in [6, 6.07) is 9.76. The summed E-state index contributed by atoms with van der Waals surface area (Å²) in [5.74, 6) is -0.118. The number of benzene rings is 1. The molecule has 2 aliphatic heterocycles. The summed E-state index contributed by atoms with van der Waals surface area (Å²) in [5.41, 5.74) is 2.10. The zero-order valence-electron chi connectivity index (χ0n) is 13.1. The van der Waals surface area contributed by atoms with Crippen molar-refractivity contribution < 1.29 is 9.59 Å². The molecule has 1 aromatic heterocycles. The molecule has 1 saturated heterocycles. The van der Waals surface area contributed by atoms with E-state index >= 15 is 0 Å². The highest BCUT2D eigenvalue weighted by atomic mass is 79.9. The highest BCUT2D eigenvalue weighted by molar-refractivity contribution is 9.10. The zero-order chi connectivity index (χ0) is 16.7. The molecule has 2 aliphatic rings. The Hall–Kier alpha value is -1.66. The van der Waals surface area contributed by atoms with Crippen molar-refractivity contribution in [3.05, 3.63) is 50.6 Å². The van der Waals surface area contributed by atoms with Crippen LogP contribution in [0.2, 0.25) is 0 Å². The first-order valence-electron chi connectivity index (χ1n) is 8.02. The summed E-state index contributed by atoms with van der Waals surface area (Å²) >= 11 is 5.26. The number of hydrogen-bond acceptors (Lipinski definition) is 3. The molecular weight excluding hydrogens is 388 g/mol. The SMILES string of the molecule is O=C([C@@H]1CC(=O)N(c2ccccc2Br)C1)N1CCc2sccc2C1. The molecule has 0 saturated carbocycles. The number of amides is 2. The van der Waals surface area contributed by atoms with Gasteiger partial charge in [-0.15, -0.1) is 11.3 Å².